The topological polar surface area (TPSA) is 66.8 Å². The Morgan fingerprint density at radius 3 is 2.77 bits per heavy atom. The van der Waals surface area contributed by atoms with Gasteiger partial charge in [0.1, 0.15) is 6.54 Å². The molecule has 0 aromatic heterocycles. The quantitative estimate of drug-likeness (QED) is 0.831. The Labute approximate surface area is 126 Å². The van der Waals surface area contributed by atoms with Crippen molar-refractivity contribution in [2.75, 3.05) is 26.8 Å². The number of hydrogen-bond acceptors (Lipinski definition) is 3. The Morgan fingerprint density at radius 1 is 1.41 bits per heavy atom. The van der Waals surface area contributed by atoms with Gasteiger partial charge >= 0.3 is 5.97 Å². The number of hydrogen-bond donors (Lipinski definition) is 1. The first-order valence-corrected chi connectivity index (χ1v) is 6.89. The molecule has 0 bridgehead atoms. The molecule has 0 heterocycles. The summed E-state index contributed by atoms with van der Waals surface area (Å²) < 4.78 is 31.8. The fraction of sp³-hybridized carbons (Fsp3) is 0.467. The van der Waals surface area contributed by atoms with Gasteiger partial charge in [0.2, 0.25) is 5.91 Å². The second-order valence-electron chi connectivity index (χ2n) is 5.24. The van der Waals surface area contributed by atoms with Gasteiger partial charge in [-0.1, -0.05) is 12.1 Å². The van der Waals surface area contributed by atoms with Crippen LogP contribution in [-0.2, 0) is 14.3 Å². The highest BCUT2D eigenvalue weighted by atomic mass is 19.2. The Bertz CT molecular complexity index is 579. The zero-order valence-corrected chi connectivity index (χ0v) is 12.1. The van der Waals surface area contributed by atoms with Crippen LogP contribution in [0, 0.1) is 17.6 Å². The SMILES string of the molecule is COCCN(CC(=O)O)C(=O)[C@@H]1C[C@H]1c1cccc(F)c1F. The van der Waals surface area contributed by atoms with Gasteiger partial charge in [-0.3, -0.25) is 9.59 Å². The molecule has 1 aliphatic carbocycles. The number of rotatable bonds is 7. The number of nitrogens with zero attached hydrogens (tertiary/aromatic N) is 1. The number of carboxylic acid groups (broad SMARTS) is 1. The molecule has 5 nitrogen and oxygen atoms in total. The number of benzene rings is 1. The van der Waals surface area contributed by atoms with Crippen molar-refractivity contribution in [3.05, 3.63) is 35.4 Å². The van der Waals surface area contributed by atoms with Crippen molar-refractivity contribution in [2.45, 2.75) is 12.3 Å². The summed E-state index contributed by atoms with van der Waals surface area (Å²) in [5.41, 5.74) is 0.167. The van der Waals surface area contributed by atoms with Crippen molar-refractivity contribution in [3.8, 4) is 0 Å². The van der Waals surface area contributed by atoms with Gasteiger partial charge in [-0.15, -0.1) is 0 Å². The van der Waals surface area contributed by atoms with E-state index in [1.807, 2.05) is 0 Å². The number of ether oxygens (including phenoxy) is 1. The van der Waals surface area contributed by atoms with Crippen LogP contribution < -0.4 is 0 Å². The molecule has 1 fully saturated rings. The highest BCUT2D eigenvalue weighted by Gasteiger charge is 2.47. The third kappa shape index (κ3) is 3.59. The molecule has 1 aromatic carbocycles. The van der Waals surface area contributed by atoms with Gasteiger partial charge in [0.15, 0.2) is 11.6 Å². The monoisotopic (exact) mass is 313 g/mol. The first kappa shape index (κ1) is 16.4. The maximum atomic E-state index is 13.7. The van der Waals surface area contributed by atoms with Crippen LogP contribution in [0.5, 0.6) is 0 Å². The lowest BCUT2D eigenvalue weighted by molar-refractivity contribution is -0.145. The molecule has 2 atom stereocenters. The smallest absolute Gasteiger partial charge is 0.323 e. The highest BCUT2D eigenvalue weighted by Crippen LogP contribution is 2.49. The summed E-state index contributed by atoms with van der Waals surface area (Å²) in [5.74, 6) is -4.29. The van der Waals surface area contributed by atoms with E-state index >= 15 is 0 Å². The lowest BCUT2D eigenvalue weighted by atomic mass is 10.1. The van der Waals surface area contributed by atoms with Crippen LogP contribution in [0.15, 0.2) is 18.2 Å². The second kappa shape index (κ2) is 6.83. The molecule has 2 rings (SSSR count). The van der Waals surface area contributed by atoms with Crippen LogP contribution in [-0.4, -0.2) is 48.7 Å². The molecule has 120 valence electrons. The molecule has 0 saturated heterocycles. The number of aliphatic carboxylic acids is 1. The van der Waals surface area contributed by atoms with Gasteiger partial charge < -0.3 is 14.7 Å². The molecular formula is C15H17F2NO4. The van der Waals surface area contributed by atoms with E-state index in [0.717, 1.165) is 6.07 Å². The molecule has 0 unspecified atom stereocenters. The molecule has 0 aliphatic heterocycles. The normalized spacial score (nSPS) is 19.8. The van der Waals surface area contributed by atoms with Gasteiger partial charge in [-0.25, -0.2) is 8.78 Å². The zero-order valence-electron chi connectivity index (χ0n) is 12.1. The van der Waals surface area contributed by atoms with E-state index in [1.165, 1.54) is 24.1 Å². The van der Waals surface area contributed by atoms with E-state index in [1.54, 1.807) is 0 Å². The van der Waals surface area contributed by atoms with Crippen molar-refractivity contribution in [2.24, 2.45) is 5.92 Å². The molecular weight excluding hydrogens is 296 g/mol. The average molecular weight is 313 g/mol. The van der Waals surface area contributed by atoms with E-state index < -0.39 is 36.0 Å². The largest absolute Gasteiger partial charge is 0.480 e. The summed E-state index contributed by atoms with van der Waals surface area (Å²) in [6, 6.07) is 3.87. The van der Waals surface area contributed by atoms with Gasteiger partial charge in [0.05, 0.1) is 6.61 Å². The summed E-state index contributed by atoms with van der Waals surface area (Å²) in [6.07, 6.45) is 0.391. The fourth-order valence-corrected chi connectivity index (χ4v) is 2.48. The van der Waals surface area contributed by atoms with Gasteiger partial charge in [-0.05, 0) is 24.0 Å². The summed E-state index contributed by atoms with van der Waals surface area (Å²) in [7, 11) is 1.45. The van der Waals surface area contributed by atoms with E-state index in [2.05, 4.69) is 0 Å². The van der Waals surface area contributed by atoms with Crippen molar-refractivity contribution >= 4 is 11.9 Å². The van der Waals surface area contributed by atoms with Crippen molar-refractivity contribution in [3.63, 3.8) is 0 Å². The predicted molar refractivity (Wildman–Crippen MR) is 73.3 cm³/mol. The van der Waals surface area contributed by atoms with E-state index in [-0.39, 0.29) is 24.6 Å². The Kier molecular flexibility index (Phi) is 5.07. The third-order valence-corrected chi connectivity index (χ3v) is 3.69. The zero-order chi connectivity index (χ0) is 16.3. The molecule has 1 N–H and O–H groups in total. The number of halogens is 2. The molecule has 7 heteroatoms. The number of carboxylic acids is 1. The van der Waals surface area contributed by atoms with Crippen LogP contribution in [0.1, 0.15) is 17.9 Å². The summed E-state index contributed by atoms with van der Waals surface area (Å²) in [6.45, 7) is -0.0712. The lowest BCUT2D eigenvalue weighted by Gasteiger charge is -2.20. The van der Waals surface area contributed by atoms with Gasteiger partial charge in [0.25, 0.3) is 0 Å². The van der Waals surface area contributed by atoms with E-state index in [4.69, 9.17) is 9.84 Å². The molecule has 0 radical (unpaired) electrons. The third-order valence-electron chi connectivity index (χ3n) is 3.69. The summed E-state index contributed by atoms with van der Waals surface area (Å²) >= 11 is 0. The Balaban J connectivity index is 2.07. The maximum absolute atomic E-state index is 13.7. The fourth-order valence-electron chi connectivity index (χ4n) is 2.48. The van der Waals surface area contributed by atoms with Crippen LogP contribution in [0.4, 0.5) is 8.78 Å². The maximum Gasteiger partial charge on any atom is 0.323 e. The summed E-state index contributed by atoms with van der Waals surface area (Å²) in [5, 5.41) is 8.85. The Morgan fingerprint density at radius 2 is 2.14 bits per heavy atom. The molecule has 1 aliphatic rings. The van der Waals surface area contributed by atoms with Crippen LogP contribution >= 0.6 is 0 Å². The van der Waals surface area contributed by atoms with Gasteiger partial charge in [-0.2, -0.15) is 0 Å². The Hall–Kier alpha value is -2.02. The summed E-state index contributed by atoms with van der Waals surface area (Å²) in [4.78, 5) is 24.3. The highest BCUT2D eigenvalue weighted by molar-refractivity contribution is 5.86. The lowest BCUT2D eigenvalue weighted by Crippen LogP contribution is -2.39. The minimum absolute atomic E-state index is 0.149. The molecule has 22 heavy (non-hydrogen) atoms. The predicted octanol–water partition coefficient (Wildman–Crippen LogP) is 1.63. The standard InChI is InChI=1S/C15H17F2NO4/c1-22-6-5-18(8-13(19)20)15(21)11-7-10(11)9-3-2-4-12(16)14(9)17/h2-4,10-11H,5-8H2,1H3,(H,19,20)/t10-,11+/m0/s1. The van der Waals surface area contributed by atoms with Crippen LogP contribution in [0.3, 0.4) is 0 Å². The van der Waals surface area contributed by atoms with Gasteiger partial charge in [0, 0.05) is 19.6 Å². The first-order valence-electron chi connectivity index (χ1n) is 6.89. The van der Waals surface area contributed by atoms with E-state index in [0.29, 0.717) is 6.42 Å². The van der Waals surface area contributed by atoms with Crippen molar-refractivity contribution in [1.82, 2.24) is 4.90 Å². The number of methoxy groups -OCH3 is 1. The molecule has 0 spiro atoms. The minimum atomic E-state index is -1.13. The average Bonchev–Trinajstić information content (AvgIpc) is 3.25. The van der Waals surface area contributed by atoms with E-state index in [9.17, 15) is 18.4 Å². The molecule has 1 amide bonds. The van der Waals surface area contributed by atoms with Crippen LogP contribution in [0.2, 0.25) is 0 Å². The number of amides is 1. The number of carbonyl (C=O) groups excluding carboxylic acids is 1. The second-order valence-corrected chi connectivity index (χ2v) is 5.24. The van der Waals surface area contributed by atoms with Crippen LogP contribution in [0.25, 0.3) is 0 Å². The number of carbonyl (C=O) groups is 2. The van der Waals surface area contributed by atoms with Crippen molar-refractivity contribution < 1.29 is 28.2 Å². The van der Waals surface area contributed by atoms with Crippen molar-refractivity contribution in [1.29, 1.82) is 0 Å². The first-order chi connectivity index (χ1) is 10.5. The molecule has 1 saturated carbocycles. The minimum Gasteiger partial charge on any atom is -0.480 e. The molecule has 1 aromatic rings.